The van der Waals surface area contributed by atoms with Gasteiger partial charge >= 0.3 is 0 Å². The van der Waals surface area contributed by atoms with E-state index in [2.05, 4.69) is 6.92 Å². The van der Waals surface area contributed by atoms with E-state index in [1.54, 1.807) is 14.0 Å². The lowest BCUT2D eigenvalue weighted by Gasteiger charge is -2.56. The zero-order valence-corrected chi connectivity index (χ0v) is 14.7. The van der Waals surface area contributed by atoms with E-state index in [4.69, 9.17) is 4.74 Å². The van der Waals surface area contributed by atoms with Crippen LogP contribution in [0.2, 0.25) is 0 Å². The van der Waals surface area contributed by atoms with Crippen LogP contribution in [0.4, 0.5) is 0 Å². The number of rotatable bonds is 2. The molecule has 0 spiro atoms. The second-order valence-corrected chi connectivity index (χ2v) is 7.02. The van der Waals surface area contributed by atoms with Crippen molar-refractivity contribution in [2.75, 3.05) is 20.2 Å². The lowest BCUT2D eigenvalue weighted by Crippen LogP contribution is -2.67. The molecule has 0 radical (unpaired) electrons. The lowest BCUT2D eigenvalue weighted by molar-refractivity contribution is -0.143. The van der Waals surface area contributed by atoms with Gasteiger partial charge in [-0.2, -0.15) is 0 Å². The first kappa shape index (κ1) is 16.8. The van der Waals surface area contributed by atoms with Gasteiger partial charge in [-0.1, -0.05) is 0 Å². The summed E-state index contributed by atoms with van der Waals surface area (Å²) in [4.78, 5) is 29.1. The number of amides is 2. The molecule has 2 amide bonds. The SMILES string of the molecule is COc1ccc(C(=O)N2CCC[C@@]3(C)[C@H]2CCCN3C(C)=O)cc1. The van der Waals surface area contributed by atoms with E-state index in [1.165, 1.54) is 0 Å². The minimum Gasteiger partial charge on any atom is -0.497 e. The van der Waals surface area contributed by atoms with Crippen molar-refractivity contribution in [1.29, 1.82) is 0 Å². The molecule has 0 unspecified atom stereocenters. The first-order chi connectivity index (χ1) is 11.5. The third kappa shape index (κ3) is 2.76. The van der Waals surface area contributed by atoms with Crippen LogP contribution in [0.1, 0.15) is 49.9 Å². The molecule has 24 heavy (non-hydrogen) atoms. The van der Waals surface area contributed by atoms with Gasteiger partial charge in [-0.15, -0.1) is 0 Å². The van der Waals surface area contributed by atoms with Gasteiger partial charge < -0.3 is 14.5 Å². The van der Waals surface area contributed by atoms with Gasteiger partial charge in [0.15, 0.2) is 0 Å². The number of hydrogen-bond donors (Lipinski definition) is 0. The van der Waals surface area contributed by atoms with Crippen LogP contribution in [0.25, 0.3) is 0 Å². The maximum absolute atomic E-state index is 13.1. The Labute approximate surface area is 143 Å². The third-order valence-electron chi connectivity index (χ3n) is 5.63. The molecular formula is C19H26N2O3. The van der Waals surface area contributed by atoms with Gasteiger partial charge in [-0.25, -0.2) is 0 Å². The summed E-state index contributed by atoms with van der Waals surface area (Å²) in [5.74, 6) is 0.912. The van der Waals surface area contributed by atoms with E-state index in [1.807, 2.05) is 34.1 Å². The number of piperidine rings is 2. The molecule has 0 saturated carbocycles. The smallest absolute Gasteiger partial charge is 0.254 e. The summed E-state index contributed by atoms with van der Waals surface area (Å²) in [5, 5.41) is 0. The highest BCUT2D eigenvalue weighted by Crippen LogP contribution is 2.39. The Kier molecular flexibility index (Phi) is 4.52. The Morgan fingerprint density at radius 3 is 2.50 bits per heavy atom. The van der Waals surface area contributed by atoms with Gasteiger partial charge in [0.2, 0.25) is 5.91 Å². The van der Waals surface area contributed by atoms with Crippen molar-refractivity contribution in [1.82, 2.24) is 9.80 Å². The van der Waals surface area contributed by atoms with Gasteiger partial charge in [-0.05, 0) is 56.9 Å². The number of carbonyl (C=O) groups is 2. The fourth-order valence-corrected chi connectivity index (χ4v) is 4.40. The number of methoxy groups -OCH3 is 1. The minimum absolute atomic E-state index is 0.0546. The number of benzene rings is 1. The second kappa shape index (κ2) is 6.46. The number of fused-ring (bicyclic) bond motifs is 1. The van der Waals surface area contributed by atoms with Crippen LogP contribution >= 0.6 is 0 Å². The molecular weight excluding hydrogens is 304 g/mol. The Morgan fingerprint density at radius 1 is 1.17 bits per heavy atom. The van der Waals surface area contributed by atoms with Gasteiger partial charge in [0.1, 0.15) is 5.75 Å². The molecule has 2 aliphatic rings. The van der Waals surface area contributed by atoms with Gasteiger partial charge in [0.05, 0.1) is 18.7 Å². The summed E-state index contributed by atoms with van der Waals surface area (Å²) >= 11 is 0. The molecule has 0 N–H and O–H groups in total. The molecule has 5 heteroatoms. The maximum atomic E-state index is 13.1. The van der Waals surface area contributed by atoms with E-state index in [-0.39, 0.29) is 23.4 Å². The standard InChI is InChI=1S/C19H26N2O3/c1-14(22)21-13-4-6-17-19(21,2)11-5-12-20(17)18(23)15-7-9-16(24-3)10-8-15/h7-10,17H,4-6,11-13H2,1-3H3/t17-,19+/m1/s1. The largest absolute Gasteiger partial charge is 0.497 e. The highest BCUT2D eigenvalue weighted by atomic mass is 16.5. The third-order valence-corrected chi connectivity index (χ3v) is 5.63. The molecule has 3 rings (SSSR count). The van der Waals surface area contributed by atoms with Crippen molar-refractivity contribution in [2.24, 2.45) is 0 Å². The first-order valence-electron chi connectivity index (χ1n) is 8.70. The summed E-state index contributed by atoms with van der Waals surface area (Å²) in [6.45, 7) is 5.34. The molecule has 5 nitrogen and oxygen atoms in total. The Balaban J connectivity index is 1.87. The molecule has 2 fully saturated rings. The zero-order valence-electron chi connectivity index (χ0n) is 14.7. The predicted octanol–water partition coefficient (Wildman–Crippen LogP) is 2.70. The topological polar surface area (TPSA) is 49.9 Å². The molecule has 1 aromatic rings. The molecule has 2 aliphatic heterocycles. The number of likely N-dealkylation sites (tertiary alicyclic amines) is 2. The predicted molar refractivity (Wildman–Crippen MR) is 92.1 cm³/mol. The molecule has 1 aromatic carbocycles. The summed E-state index contributed by atoms with van der Waals surface area (Å²) in [5.41, 5.74) is 0.435. The van der Waals surface area contributed by atoms with Crippen LogP contribution in [0.5, 0.6) is 5.75 Å². The summed E-state index contributed by atoms with van der Waals surface area (Å²) in [6.07, 6.45) is 3.80. The Bertz CT molecular complexity index is 628. The highest BCUT2D eigenvalue weighted by molar-refractivity contribution is 5.94. The van der Waals surface area contributed by atoms with Crippen molar-refractivity contribution in [3.63, 3.8) is 0 Å². The van der Waals surface area contributed by atoms with Crippen LogP contribution < -0.4 is 4.74 Å². The molecule has 0 aromatic heterocycles. The van der Waals surface area contributed by atoms with Crippen molar-refractivity contribution in [2.45, 2.75) is 51.1 Å². The lowest BCUT2D eigenvalue weighted by atomic mass is 9.76. The van der Waals surface area contributed by atoms with E-state index in [0.717, 1.165) is 44.5 Å². The minimum atomic E-state index is -0.246. The summed E-state index contributed by atoms with van der Waals surface area (Å²) in [6, 6.07) is 7.37. The molecule has 2 heterocycles. The Morgan fingerprint density at radius 2 is 1.88 bits per heavy atom. The van der Waals surface area contributed by atoms with E-state index < -0.39 is 0 Å². The van der Waals surface area contributed by atoms with Crippen LogP contribution in [-0.4, -0.2) is 53.4 Å². The monoisotopic (exact) mass is 330 g/mol. The Hall–Kier alpha value is -2.04. The number of ether oxygens (including phenoxy) is 1. The summed E-state index contributed by atoms with van der Waals surface area (Å²) in [7, 11) is 1.62. The van der Waals surface area contributed by atoms with Crippen molar-refractivity contribution in [3.8, 4) is 5.75 Å². The van der Waals surface area contributed by atoms with Crippen LogP contribution in [0.3, 0.4) is 0 Å². The van der Waals surface area contributed by atoms with Crippen molar-refractivity contribution >= 4 is 11.8 Å². The zero-order chi connectivity index (χ0) is 17.3. The number of carbonyl (C=O) groups excluding carboxylic acids is 2. The highest BCUT2D eigenvalue weighted by Gasteiger charge is 2.49. The number of hydrogen-bond acceptors (Lipinski definition) is 3. The van der Waals surface area contributed by atoms with Crippen LogP contribution in [0.15, 0.2) is 24.3 Å². The molecule has 0 bridgehead atoms. The normalized spacial score (nSPS) is 26.7. The molecule has 130 valence electrons. The van der Waals surface area contributed by atoms with Crippen molar-refractivity contribution in [3.05, 3.63) is 29.8 Å². The fraction of sp³-hybridized carbons (Fsp3) is 0.579. The fourth-order valence-electron chi connectivity index (χ4n) is 4.40. The van der Waals surface area contributed by atoms with E-state index in [9.17, 15) is 9.59 Å². The second-order valence-electron chi connectivity index (χ2n) is 7.02. The number of nitrogens with zero attached hydrogens (tertiary/aromatic N) is 2. The van der Waals surface area contributed by atoms with Crippen LogP contribution in [-0.2, 0) is 4.79 Å². The van der Waals surface area contributed by atoms with E-state index >= 15 is 0 Å². The quantitative estimate of drug-likeness (QED) is 0.838. The average molecular weight is 330 g/mol. The average Bonchev–Trinajstić information content (AvgIpc) is 2.59. The van der Waals surface area contributed by atoms with Crippen molar-refractivity contribution < 1.29 is 14.3 Å². The van der Waals surface area contributed by atoms with Gasteiger partial charge in [-0.3, -0.25) is 9.59 Å². The molecule has 2 atom stereocenters. The molecule has 0 aliphatic carbocycles. The van der Waals surface area contributed by atoms with Crippen LogP contribution in [0, 0.1) is 0 Å². The summed E-state index contributed by atoms with van der Waals surface area (Å²) < 4.78 is 5.17. The first-order valence-corrected chi connectivity index (χ1v) is 8.70. The van der Waals surface area contributed by atoms with Gasteiger partial charge in [0.25, 0.3) is 5.91 Å². The van der Waals surface area contributed by atoms with Gasteiger partial charge in [0, 0.05) is 25.6 Å². The maximum Gasteiger partial charge on any atom is 0.254 e. The molecule has 2 saturated heterocycles. The van der Waals surface area contributed by atoms with E-state index in [0.29, 0.717) is 5.56 Å².